The second-order valence-electron chi connectivity index (χ2n) is 8.24. The number of ether oxygens (including phenoxy) is 2. The average molecular weight is 488 g/mol. The number of rotatable bonds is 6. The van der Waals surface area contributed by atoms with Crippen molar-refractivity contribution >= 4 is 46.0 Å². The maximum atomic E-state index is 12.7. The predicted octanol–water partition coefficient (Wildman–Crippen LogP) is 2.81. The normalized spacial score (nSPS) is 16.9. The molecule has 12 heteroatoms. The van der Waals surface area contributed by atoms with Gasteiger partial charge in [-0.25, -0.2) is 14.8 Å². The number of halogens is 1. The minimum absolute atomic E-state index is 0.0109. The first-order valence-corrected chi connectivity index (χ1v) is 11.9. The molecule has 2 N–H and O–H groups in total. The van der Waals surface area contributed by atoms with Crippen molar-refractivity contribution in [1.82, 2.24) is 19.5 Å². The Morgan fingerprint density at radius 1 is 1.18 bits per heavy atom. The number of aromatic amines is 1. The molecule has 170 valence electrons. The Morgan fingerprint density at radius 3 is 2.67 bits per heavy atom. The van der Waals surface area contributed by atoms with Gasteiger partial charge < -0.3 is 14.8 Å². The SMILES string of the molecule is O=C(CSc1nc(C2CC2)nc2c1c(=O)[nH]c(=O)n2C1CC1)Nc1cc2c(cc1Cl)OCO2. The van der Waals surface area contributed by atoms with Crippen molar-refractivity contribution in [3.63, 3.8) is 0 Å². The molecule has 0 saturated heterocycles. The van der Waals surface area contributed by atoms with Crippen LogP contribution in [0.3, 0.4) is 0 Å². The van der Waals surface area contributed by atoms with E-state index in [1.165, 1.54) is 0 Å². The van der Waals surface area contributed by atoms with E-state index >= 15 is 0 Å². The summed E-state index contributed by atoms with van der Waals surface area (Å²) in [5.74, 6) is 1.52. The molecule has 2 aliphatic carbocycles. The van der Waals surface area contributed by atoms with Gasteiger partial charge in [0.1, 0.15) is 16.2 Å². The molecule has 3 aliphatic rings. The number of carbonyl (C=O) groups excluding carboxylic acids is 1. The molecule has 0 bridgehead atoms. The van der Waals surface area contributed by atoms with Crippen LogP contribution in [0.5, 0.6) is 11.5 Å². The van der Waals surface area contributed by atoms with Crippen molar-refractivity contribution < 1.29 is 14.3 Å². The summed E-state index contributed by atoms with van der Waals surface area (Å²) in [6.07, 6.45) is 3.67. The smallest absolute Gasteiger partial charge is 0.330 e. The van der Waals surface area contributed by atoms with Gasteiger partial charge in [-0.3, -0.25) is 19.1 Å². The van der Waals surface area contributed by atoms with Crippen LogP contribution >= 0.6 is 23.4 Å². The largest absolute Gasteiger partial charge is 0.454 e. The molecule has 1 aromatic carbocycles. The summed E-state index contributed by atoms with van der Waals surface area (Å²) in [4.78, 5) is 49.4. The summed E-state index contributed by atoms with van der Waals surface area (Å²) < 4.78 is 12.2. The third-order valence-corrected chi connectivity index (χ3v) is 6.99. The number of fused-ring (bicyclic) bond motifs is 2. The number of nitrogens with zero attached hydrogens (tertiary/aromatic N) is 3. The summed E-state index contributed by atoms with van der Waals surface area (Å²) in [5.41, 5.74) is -0.249. The summed E-state index contributed by atoms with van der Waals surface area (Å²) >= 11 is 7.37. The number of H-pyrrole nitrogens is 1. The molecule has 2 fully saturated rings. The summed E-state index contributed by atoms with van der Waals surface area (Å²) in [6.45, 7) is 0.101. The first-order valence-electron chi connectivity index (χ1n) is 10.6. The second-order valence-corrected chi connectivity index (χ2v) is 9.61. The van der Waals surface area contributed by atoms with Crippen molar-refractivity contribution in [2.45, 2.75) is 42.7 Å². The van der Waals surface area contributed by atoms with Crippen LogP contribution in [0.15, 0.2) is 26.7 Å². The highest BCUT2D eigenvalue weighted by Gasteiger charge is 2.32. The van der Waals surface area contributed by atoms with Crippen LogP contribution in [0.4, 0.5) is 5.69 Å². The molecule has 2 saturated carbocycles. The molecule has 3 heterocycles. The fraction of sp³-hybridized carbons (Fsp3) is 0.381. The number of aromatic nitrogens is 4. The Morgan fingerprint density at radius 2 is 1.94 bits per heavy atom. The Labute approximate surface area is 195 Å². The topological polar surface area (TPSA) is 128 Å². The third-order valence-electron chi connectivity index (χ3n) is 5.70. The lowest BCUT2D eigenvalue weighted by molar-refractivity contribution is -0.113. The Balaban J connectivity index is 1.31. The van der Waals surface area contributed by atoms with Gasteiger partial charge in [0.05, 0.1) is 16.5 Å². The summed E-state index contributed by atoms with van der Waals surface area (Å²) in [6, 6.07) is 3.23. The van der Waals surface area contributed by atoms with E-state index in [1.54, 1.807) is 16.7 Å². The highest BCUT2D eigenvalue weighted by atomic mass is 35.5. The minimum Gasteiger partial charge on any atom is -0.454 e. The van der Waals surface area contributed by atoms with E-state index in [-0.39, 0.29) is 35.8 Å². The minimum atomic E-state index is -0.545. The van der Waals surface area contributed by atoms with Gasteiger partial charge in [0.15, 0.2) is 17.1 Å². The van der Waals surface area contributed by atoms with Crippen molar-refractivity contribution in [1.29, 1.82) is 0 Å². The molecule has 3 aromatic rings. The van der Waals surface area contributed by atoms with Crippen molar-refractivity contribution in [2.75, 3.05) is 17.9 Å². The lowest BCUT2D eigenvalue weighted by atomic mass is 10.2. The number of hydrogen-bond donors (Lipinski definition) is 2. The lowest BCUT2D eigenvalue weighted by Crippen LogP contribution is -2.31. The second kappa shape index (κ2) is 7.77. The lowest BCUT2D eigenvalue weighted by Gasteiger charge is -2.12. The molecule has 1 aliphatic heterocycles. The number of benzene rings is 1. The van der Waals surface area contributed by atoms with E-state index in [0.717, 1.165) is 37.4 Å². The van der Waals surface area contributed by atoms with E-state index in [2.05, 4.69) is 20.3 Å². The standard InChI is InChI=1S/C21H18ClN5O5S/c22-11-5-13-14(32-8-31-13)6-12(11)23-15(28)7-33-20-16-18(24-17(25-20)9-1-2-9)27(10-3-4-10)21(30)26-19(16)29/h5-6,9-10H,1-4,7-8H2,(H,23,28)(H,26,29,30). The van der Waals surface area contributed by atoms with E-state index in [4.69, 9.17) is 21.1 Å². The van der Waals surface area contributed by atoms with E-state index in [0.29, 0.717) is 38.7 Å². The molecule has 0 radical (unpaired) electrons. The molecule has 33 heavy (non-hydrogen) atoms. The quantitative estimate of drug-likeness (QED) is 0.401. The fourth-order valence-corrected chi connectivity index (χ4v) is 4.79. The van der Waals surface area contributed by atoms with Gasteiger partial charge in [0.25, 0.3) is 5.56 Å². The maximum absolute atomic E-state index is 12.7. The predicted molar refractivity (Wildman–Crippen MR) is 122 cm³/mol. The first kappa shape index (κ1) is 20.5. The van der Waals surface area contributed by atoms with Gasteiger partial charge >= 0.3 is 5.69 Å². The van der Waals surface area contributed by atoms with Crippen LogP contribution in [0.2, 0.25) is 5.02 Å². The highest BCUT2D eigenvalue weighted by molar-refractivity contribution is 8.00. The molecule has 10 nitrogen and oxygen atoms in total. The number of thioether (sulfide) groups is 1. The zero-order chi connectivity index (χ0) is 22.7. The maximum Gasteiger partial charge on any atom is 0.330 e. The number of anilines is 1. The van der Waals surface area contributed by atoms with Crippen molar-refractivity contribution in [3.8, 4) is 11.5 Å². The highest BCUT2D eigenvalue weighted by Crippen LogP contribution is 2.41. The van der Waals surface area contributed by atoms with Crippen LogP contribution < -0.4 is 26.0 Å². The molecule has 6 rings (SSSR count). The van der Waals surface area contributed by atoms with E-state index in [9.17, 15) is 14.4 Å². The Hall–Kier alpha value is -3.05. The monoisotopic (exact) mass is 487 g/mol. The molecule has 1 amide bonds. The van der Waals surface area contributed by atoms with Gasteiger partial charge in [0, 0.05) is 24.1 Å². The number of carbonyl (C=O) groups is 1. The van der Waals surface area contributed by atoms with Gasteiger partial charge in [-0.2, -0.15) is 0 Å². The zero-order valence-corrected chi connectivity index (χ0v) is 18.8. The van der Waals surface area contributed by atoms with Crippen LogP contribution in [0, 0.1) is 0 Å². The summed E-state index contributed by atoms with van der Waals surface area (Å²) in [5, 5.41) is 3.72. The van der Waals surface area contributed by atoms with Crippen LogP contribution in [0.1, 0.15) is 43.5 Å². The third kappa shape index (κ3) is 3.84. The van der Waals surface area contributed by atoms with Gasteiger partial charge in [0.2, 0.25) is 12.7 Å². The van der Waals surface area contributed by atoms with Gasteiger partial charge in [-0.1, -0.05) is 23.4 Å². The van der Waals surface area contributed by atoms with E-state index < -0.39 is 11.2 Å². The average Bonchev–Trinajstić information content (AvgIpc) is 3.70. The van der Waals surface area contributed by atoms with Crippen LogP contribution in [-0.2, 0) is 4.79 Å². The molecular weight excluding hydrogens is 470 g/mol. The number of hydrogen-bond acceptors (Lipinski definition) is 8. The molecule has 0 unspecified atom stereocenters. The fourth-order valence-electron chi connectivity index (χ4n) is 3.77. The molecule has 2 aromatic heterocycles. The Kier molecular flexibility index (Phi) is 4.84. The van der Waals surface area contributed by atoms with Crippen LogP contribution in [0.25, 0.3) is 11.0 Å². The molecule has 0 atom stereocenters. The number of amides is 1. The molecular formula is C21H18ClN5O5S. The van der Waals surface area contributed by atoms with Gasteiger partial charge in [-0.05, 0) is 25.7 Å². The molecule has 0 spiro atoms. The van der Waals surface area contributed by atoms with Crippen molar-refractivity contribution in [3.05, 3.63) is 43.8 Å². The van der Waals surface area contributed by atoms with E-state index in [1.807, 2.05) is 0 Å². The first-order chi connectivity index (χ1) is 16.0. The Bertz CT molecular complexity index is 1430. The zero-order valence-electron chi connectivity index (χ0n) is 17.2. The number of nitrogens with one attached hydrogen (secondary N) is 2. The van der Waals surface area contributed by atoms with Gasteiger partial charge in [-0.15, -0.1) is 0 Å². The van der Waals surface area contributed by atoms with Crippen LogP contribution in [-0.4, -0.2) is 38.0 Å². The van der Waals surface area contributed by atoms with Crippen molar-refractivity contribution in [2.24, 2.45) is 0 Å². The summed E-state index contributed by atoms with van der Waals surface area (Å²) in [7, 11) is 0.